The third kappa shape index (κ3) is 7.34. The number of benzene rings is 2. The Morgan fingerprint density at radius 3 is 2.46 bits per heavy atom. The van der Waals surface area contributed by atoms with Crippen LogP contribution in [0.15, 0.2) is 79.8 Å². The average molecular weight is 557 g/mol. The van der Waals surface area contributed by atoms with Crippen molar-refractivity contribution in [3.05, 3.63) is 85.6 Å². The number of carbonyl (C=O) groups is 1. The van der Waals surface area contributed by atoms with Crippen molar-refractivity contribution in [2.24, 2.45) is 0 Å². The minimum absolute atomic E-state index is 0.231. The van der Waals surface area contributed by atoms with Gasteiger partial charge in [-0.25, -0.2) is 9.37 Å². The van der Waals surface area contributed by atoms with Crippen molar-refractivity contribution in [3.63, 3.8) is 0 Å². The molecule has 0 radical (unpaired) electrons. The summed E-state index contributed by atoms with van der Waals surface area (Å²) in [6.07, 6.45) is 6.18. The Labute approximate surface area is 238 Å². The maximum atomic E-state index is 14.5. The van der Waals surface area contributed by atoms with E-state index in [0.29, 0.717) is 35.1 Å². The lowest BCUT2D eigenvalue weighted by molar-refractivity contribution is -0.111. The van der Waals surface area contributed by atoms with Crippen LogP contribution in [0.25, 0.3) is 11.1 Å². The molecule has 0 spiro atoms. The van der Waals surface area contributed by atoms with Crippen LogP contribution in [-0.2, 0) is 4.79 Å². The molecule has 11 heteroatoms. The summed E-state index contributed by atoms with van der Waals surface area (Å²) in [4.78, 5) is 29.7. The van der Waals surface area contributed by atoms with E-state index in [1.165, 1.54) is 12.1 Å². The number of methoxy groups -OCH3 is 1. The van der Waals surface area contributed by atoms with Crippen LogP contribution in [-0.4, -0.2) is 67.1 Å². The highest BCUT2D eigenvalue weighted by Gasteiger charge is 2.18. The van der Waals surface area contributed by atoms with Gasteiger partial charge in [-0.2, -0.15) is 4.98 Å². The number of rotatable bonds is 12. The Kier molecular flexibility index (Phi) is 9.43. The van der Waals surface area contributed by atoms with Crippen LogP contribution >= 0.6 is 0 Å². The van der Waals surface area contributed by atoms with Crippen molar-refractivity contribution >= 4 is 40.4 Å². The number of nitrogens with one attached hydrogen (secondary N) is 3. The maximum absolute atomic E-state index is 14.5. The van der Waals surface area contributed by atoms with Gasteiger partial charge in [-0.15, -0.1) is 0 Å². The zero-order chi connectivity index (χ0) is 29.4. The highest BCUT2D eigenvalue weighted by molar-refractivity contribution is 6.02. The molecule has 0 fully saturated rings. The van der Waals surface area contributed by atoms with Gasteiger partial charge in [-0.3, -0.25) is 9.78 Å². The number of ether oxygens (including phenoxy) is 1. The summed E-state index contributed by atoms with van der Waals surface area (Å²) in [5.41, 5.74) is 3.57. The van der Waals surface area contributed by atoms with Crippen LogP contribution in [0, 0.1) is 5.82 Å². The smallest absolute Gasteiger partial charge is 0.247 e. The predicted molar refractivity (Wildman–Crippen MR) is 162 cm³/mol. The Hall–Kier alpha value is -5.03. The van der Waals surface area contributed by atoms with Gasteiger partial charge < -0.3 is 30.5 Å². The number of carbonyl (C=O) groups excluding carboxylic acids is 1. The Balaban J connectivity index is 1.74. The van der Waals surface area contributed by atoms with Crippen LogP contribution in [0.5, 0.6) is 5.75 Å². The van der Waals surface area contributed by atoms with E-state index in [4.69, 9.17) is 4.74 Å². The largest absolute Gasteiger partial charge is 0.494 e. The lowest BCUT2D eigenvalue weighted by atomic mass is 10.1. The van der Waals surface area contributed by atoms with Crippen LogP contribution < -0.4 is 25.6 Å². The summed E-state index contributed by atoms with van der Waals surface area (Å²) in [7, 11) is 7.50. The Morgan fingerprint density at radius 1 is 1.02 bits per heavy atom. The first-order valence-electron chi connectivity index (χ1n) is 12.9. The van der Waals surface area contributed by atoms with Crippen molar-refractivity contribution in [2.45, 2.75) is 0 Å². The van der Waals surface area contributed by atoms with Crippen molar-refractivity contribution in [1.82, 2.24) is 19.9 Å². The van der Waals surface area contributed by atoms with E-state index in [9.17, 15) is 9.18 Å². The Bertz CT molecular complexity index is 1510. The minimum atomic E-state index is -0.417. The van der Waals surface area contributed by atoms with Crippen molar-refractivity contribution in [3.8, 4) is 16.9 Å². The number of nitrogens with zero attached hydrogens (tertiary/aromatic N) is 5. The van der Waals surface area contributed by atoms with Gasteiger partial charge in [0.15, 0.2) is 0 Å². The van der Waals surface area contributed by atoms with Crippen LogP contribution in [0.2, 0.25) is 0 Å². The van der Waals surface area contributed by atoms with Gasteiger partial charge in [0, 0.05) is 50.4 Å². The number of aromatic nitrogens is 3. The number of pyridine rings is 1. The molecule has 41 heavy (non-hydrogen) atoms. The fourth-order valence-electron chi connectivity index (χ4n) is 4.00. The molecule has 2 aromatic carbocycles. The zero-order valence-corrected chi connectivity index (χ0v) is 23.5. The molecule has 1 amide bonds. The fraction of sp³-hybridized carbons (Fsp3) is 0.200. The molecule has 0 atom stereocenters. The highest BCUT2D eigenvalue weighted by atomic mass is 19.1. The standard InChI is InChI=1S/C30H33FN8O2/c1-6-28(40)34-24-17-25(27(41-5)18-26(24)39(4)16-15-38(2)3)36-30-33-19-21(20-11-13-32-14-12-20)29(37-30)35-23-10-8-7-9-22(23)31/h6-14,17-19H,1,15-16H2,2-5H3,(H,34,40)(H2,33,35,36,37). The number of para-hydroxylation sites is 1. The Morgan fingerprint density at radius 2 is 1.78 bits per heavy atom. The topological polar surface area (TPSA) is 108 Å². The summed E-state index contributed by atoms with van der Waals surface area (Å²) < 4.78 is 20.2. The molecule has 3 N–H and O–H groups in total. The zero-order valence-electron chi connectivity index (χ0n) is 23.5. The lowest BCUT2D eigenvalue weighted by Gasteiger charge is -2.26. The number of anilines is 6. The first-order valence-corrected chi connectivity index (χ1v) is 12.9. The van der Waals surface area contributed by atoms with E-state index < -0.39 is 5.82 Å². The second-order valence-electron chi connectivity index (χ2n) is 9.41. The monoisotopic (exact) mass is 556 g/mol. The summed E-state index contributed by atoms with van der Waals surface area (Å²) in [6.45, 7) is 5.09. The molecule has 0 unspecified atom stereocenters. The maximum Gasteiger partial charge on any atom is 0.247 e. The van der Waals surface area contributed by atoms with Gasteiger partial charge in [0.2, 0.25) is 11.9 Å². The van der Waals surface area contributed by atoms with Crippen molar-refractivity contribution in [1.29, 1.82) is 0 Å². The summed E-state index contributed by atoms with van der Waals surface area (Å²) in [5, 5.41) is 9.16. The van der Waals surface area contributed by atoms with Gasteiger partial charge in [-0.05, 0) is 56.1 Å². The van der Waals surface area contributed by atoms with E-state index in [1.807, 2.05) is 44.2 Å². The average Bonchev–Trinajstić information content (AvgIpc) is 2.97. The quantitative estimate of drug-likeness (QED) is 0.201. The van der Waals surface area contributed by atoms with E-state index in [-0.39, 0.29) is 17.5 Å². The molecule has 2 heterocycles. The van der Waals surface area contributed by atoms with Crippen molar-refractivity contribution in [2.75, 3.05) is 62.2 Å². The molecule has 10 nitrogen and oxygen atoms in total. The molecular formula is C30H33FN8O2. The van der Waals surface area contributed by atoms with Crippen LogP contribution in [0.1, 0.15) is 0 Å². The molecule has 0 saturated carbocycles. The lowest BCUT2D eigenvalue weighted by Crippen LogP contribution is -2.29. The second-order valence-corrected chi connectivity index (χ2v) is 9.41. The van der Waals surface area contributed by atoms with E-state index in [1.54, 1.807) is 50.0 Å². The fourth-order valence-corrected chi connectivity index (χ4v) is 4.00. The van der Waals surface area contributed by atoms with Crippen LogP contribution in [0.3, 0.4) is 0 Å². The molecule has 4 aromatic rings. The number of hydrogen-bond acceptors (Lipinski definition) is 9. The molecule has 0 bridgehead atoms. The van der Waals surface area contributed by atoms with E-state index >= 15 is 0 Å². The summed E-state index contributed by atoms with van der Waals surface area (Å²) in [6, 6.07) is 13.6. The van der Waals surface area contributed by atoms with Gasteiger partial charge >= 0.3 is 0 Å². The van der Waals surface area contributed by atoms with E-state index in [0.717, 1.165) is 17.8 Å². The molecule has 0 aliphatic rings. The van der Waals surface area contributed by atoms with Gasteiger partial charge in [0.1, 0.15) is 17.4 Å². The molecule has 2 aromatic heterocycles. The highest BCUT2D eigenvalue weighted by Crippen LogP contribution is 2.38. The number of hydrogen-bond donors (Lipinski definition) is 3. The third-order valence-electron chi connectivity index (χ3n) is 6.21. The minimum Gasteiger partial charge on any atom is -0.494 e. The van der Waals surface area contributed by atoms with Gasteiger partial charge in [0.25, 0.3) is 0 Å². The molecule has 4 rings (SSSR count). The first-order chi connectivity index (χ1) is 19.8. The predicted octanol–water partition coefficient (Wildman–Crippen LogP) is 5.30. The SMILES string of the molecule is C=CC(=O)Nc1cc(Nc2ncc(-c3ccncc3)c(Nc3ccccc3F)n2)c(OC)cc1N(C)CCN(C)C. The van der Waals surface area contributed by atoms with Crippen molar-refractivity contribution < 1.29 is 13.9 Å². The summed E-state index contributed by atoms with van der Waals surface area (Å²) in [5.74, 6) is 0.364. The first kappa shape index (κ1) is 29.0. The molecular weight excluding hydrogens is 523 g/mol. The molecule has 0 saturated heterocycles. The second kappa shape index (κ2) is 13.4. The number of halogens is 1. The van der Waals surface area contributed by atoms with Gasteiger partial charge in [-0.1, -0.05) is 18.7 Å². The molecule has 212 valence electrons. The van der Waals surface area contributed by atoms with Gasteiger partial charge in [0.05, 0.1) is 29.9 Å². The number of likely N-dealkylation sites (N-methyl/N-ethyl adjacent to an activating group) is 2. The van der Waals surface area contributed by atoms with E-state index in [2.05, 4.69) is 42.4 Å². The molecule has 0 aliphatic heterocycles. The van der Waals surface area contributed by atoms with Crippen LogP contribution in [0.4, 0.5) is 38.9 Å². The molecule has 0 aliphatic carbocycles. The third-order valence-corrected chi connectivity index (χ3v) is 6.21. The summed E-state index contributed by atoms with van der Waals surface area (Å²) >= 11 is 0. The normalized spacial score (nSPS) is 10.7. The number of amides is 1.